The fourth-order valence-electron chi connectivity index (χ4n) is 9.42. The van der Waals surface area contributed by atoms with E-state index in [9.17, 15) is 17.0 Å². The van der Waals surface area contributed by atoms with Crippen LogP contribution in [-0.2, 0) is 23.8 Å². The summed E-state index contributed by atoms with van der Waals surface area (Å²) < 4.78 is 4.53. The third-order valence-electron chi connectivity index (χ3n) is 12.9. The van der Waals surface area contributed by atoms with E-state index < -0.39 is 12.9 Å². The zero-order valence-corrected chi connectivity index (χ0v) is 32.8. The van der Waals surface area contributed by atoms with Crippen LogP contribution in [0.5, 0.6) is 0 Å². The normalized spacial score (nSPS) is 19.0. The second-order valence-corrected chi connectivity index (χ2v) is 56.2. The third kappa shape index (κ3) is 4.30. The Morgan fingerprint density at radius 2 is 0.957 bits per heavy atom. The predicted molar refractivity (Wildman–Crippen MR) is 202 cm³/mol. The molecule has 0 bridgehead atoms. The first-order chi connectivity index (χ1) is 21.3. The van der Waals surface area contributed by atoms with E-state index in [1.165, 1.54) is 33.4 Å². The molecule has 0 saturated heterocycles. The van der Waals surface area contributed by atoms with Crippen LogP contribution in [0.2, 0.25) is 3.63 Å². The van der Waals surface area contributed by atoms with Crippen molar-refractivity contribution in [2.75, 3.05) is 0 Å². The van der Waals surface area contributed by atoms with Gasteiger partial charge < -0.3 is 0 Å². The van der Waals surface area contributed by atoms with Crippen molar-refractivity contribution in [3.05, 3.63) is 155 Å². The first-order valence-corrected chi connectivity index (χ1v) is 30.7. The summed E-state index contributed by atoms with van der Waals surface area (Å²) in [6, 6.07) is 35.5. The van der Waals surface area contributed by atoms with Crippen LogP contribution in [0.3, 0.4) is 0 Å². The number of benzene rings is 4. The van der Waals surface area contributed by atoms with Crippen molar-refractivity contribution >= 4 is 21.2 Å². The van der Waals surface area contributed by atoms with Gasteiger partial charge in [-0.25, -0.2) is 0 Å². The number of rotatable bonds is 6. The van der Waals surface area contributed by atoms with Crippen LogP contribution < -0.4 is 0 Å². The molecule has 46 heavy (non-hydrogen) atoms. The standard InChI is InChI=1S/C21H25.2C8H9.C5H5.CH2.2ClH.Zr/c1-20(2,3)16-9-7-14-11-15-8-10-17(21(4,5)6)13-19(15)18(14)12-16;2*1-2-8-6-4-3-5-7-8;1-2-4-5-3-1;;;;/h7-13H,1-6H3;2*2-7H,1H3;1-5H;1H2;2*1H;/q;;;;;;;+2/p-2. The molecule has 3 heteroatoms. The fraction of sp³-hybridized carbons (Fsp3) is 0.326. The van der Waals surface area contributed by atoms with Gasteiger partial charge in [-0.15, -0.1) is 0 Å². The number of halogens is 2. The first kappa shape index (κ1) is 33.6. The molecule has 2 atom stereocenters. The molecular formula is C43H50Cl2Zr. The van der Waals surface area contributed by atoms with Crippen molar-refractivity contribution in [3.63, 3.8) is 0 Å². The zero-order valence-electron chi connectivity index (χ0n) is 28.8. The van der Waals surface area contributed by atoms with Gasteiger partial charge >= 0.3 is 281 Å². The van der Waals surface area contributed by atoms with E-state index in [1.807, 2.05) is 0 Å². The second-order valence-electron chi connectivity index (χ2n) is 17.1. The van der Waals surface area contributed by atoms with Crippen molar-refractivity contribution in [2.45, 2.75) is 80.7 Å². The van der Waals surface area contributed by atoms with Crippen molar-refractivity contribution in [1.29, 1.82) is 0 Å². The molecule has 0 nitrogen and oxygen atoms in total. The van der Waals surface area contributed by atoms with Crippen molar-refractivity contribution in [3.8, 4) is 11.1 Å². The van der Waals surface area contributed by atoms with E-state index in [-0.39, 0.29) is 25.3 Å². The Kier molecular flexibility index (Phi) is 7.21. The predicted octanol–water partition coefficient (Wildman–Crippen LogP) is 13.3. The summed E-state index contributed by atoms with van der Waals surface area (Å²) in [6.07, 6.45) is 8.78. The van der Waals surface area contributed by atoms with E-state index in [0.29, 0.717) is 0 Å². The Balaban J connectivity index is 1.87. The van der Waals surface area contributed by atoms with E-state index >= 15 is 0 Å². The monoisotopic (exact) mass is 726 g/mol. The SMILES string of the molecule is [CH2]=[Zr]([Cl])([Cl])([CH]1C=CC=C1)([CH](C)c1ccccc1)([CH](C)c1ccccc1)[CH]1c2ccc(C(C)(C)C)cc2-c2cc(C(C)(C)C)ccc21. The molecule has 2 aliphatic rings. The molecule has 2 aliphatic carbocycles. The van der Waals surface area contributed by atoms with E-state index in [1.54, 1.807) is 0 Å². The maximum atomic E-state index is 9.35. The molecule has 0 aromatic heterocycles. The Morgan fingerprint density at radius 3 is 1.30 bits per heavy atom. The van der Waals surface area contributed by atoms with E-state index in [0.717, 1.165) is 11.1 Å². The number of allylic oxidation sites excluding steroid dienone is 4. The van der Waals surface area contributed by atoms with Crippen LogP contribution in [0.15, 0.2) is 121 Å². The van der Waals surface area contributed by atoms with Crippen molar-refractivity contribution in [2.24, 2.45) is 0 Å². The average molecular weight is 729 g/mol. The molecule has 4 aromatic carbocycles. The molecule has 4 aromatic rings. The molecule has 2 unspecified atom stereocenters. The Bertz CT molecular complexity index is 1900. The van der Waals surface area contributed by atoms with Gasteiger partial charge in [0.15, 0.2) is 0 Å². The molecule has 240 valence electrons. The minimum absolute atomic E-state index is 0.0151. The molecule has 0 fully saturated rings. The molecule has 0 amide bonds. The zero-order chi connectivity index (χ0) is 33.4. The van der Waals surface area contributed by atoms with Crippen LogP contribution in [-0.4, -0.2) is 4.21 Å². The molecule has 0 aliphatic heterocycles. The van der Waals surface area contributed by atoms with Crippen molar-refractivity contribution < 1.29 is 12.9 Å². The van der Waals surface area contributed by atoms with Crippen LogP contribution in [0, 0.1) is 0 Å². The van der Waals surface area contributed by atoms with Gasteiger partial charge in [0.25, 0.3) is 0 Å². The van der Waals surface area contributed by atoms with Gasteiger partial charge in [-0.2, -0.15) is 0 Å². The van der Waals surface area contributed by atoms with Gasteiger partial charge in [0.2, 0.25) is 0 Å². The molecule has 6 rings (SSSR count). The summed E-state index contributed by atoms with van der Waals surface area (Å²) in [5.41, 5.74) is 9.73. The summed E-state index contributed by atoms with van der Waals surface area (Å²) >= 11 is -6.93. The van der Waals surface area contributed by atoms with Crippen LogP contribution in [0.1, 0.15) is 99.6 Å². The summed E-state index contributed by atoms with van der Waals surface area (Å²) in [4.78, 5) is 0. The van der Waals surface area contributed by atoms with Gasteiger partial charge in [-0.1, -0.05) is 0 Å². The van der Waals surface area contributed by atoms with Gasteiger partial charge in [0, 0.05) is 0 Å². The van der Waals surface area contributed by atoms with Gasteiger partial charge in [0.1, 0.15) is 0 Å². The molecule has 0 heterocycles. The van der Waals surface area contributed by atoms with E-state index in [2.05, 4.69) is 177 Å². The Labute approximate surface area is 278 Å². The molecular weight excluding hydrogens is 679 g/mol. The summed E-state index contributed by atoms with van der Waals surface area (Å²) in [5, 5.41) is 0. The summed E-state index contributed by atoms with van der Waals surface area (Å²) in [6.45, 7) is 18.3. The molecule has 0 radical (unpaired) electrons. The van der Waals surface area contributed by atoms with Crippen molar-refractivity contribution in [1.82, 2.24) is 0 Å². The van der Waals surface area contributed by atoms with Gasteiger partial charge in [-0.3, -0.25) is 0 Å². The molecule has 0 spiro atoms. The average Bonchev–Trinajstić information content (AvgIpc) is 3.69. The Morgan fingerprint density at radius 1 is 0.587 bits per heavy atom. The second kappa shape index (κ2) is 9.87. The molecule has 0 saturated carbocycles. The third-order valence-corrected chi connectivity index (χ3v) is 53.6. The summed E-state index contributed by atoms with van der Waals surface area (Å²) in [7, 11) is 18.7. The molecule has 0 N–H and O–H groups in total. The maximum absolute atomic E-state index is 9.35. The number of hydrogen-bond acceptors (Lipinski definition) is 0. The quantitative estimate of drug-likeness (QED) is 0.185. The van der Waals surface area contributed by atoms with Gasteiger partial charge in [-0.05, 0) is 0 Å². The first-order valence-electron chi connectivity index (χ1n) is 16.9. The Hall–Kier alpha value is -2.31. The van der Waals surface area contributed by atoms with E-state index in [4.69, 9.17) is 4.21 Å². The number of fused-ring (bicyclic) bond motifs is 3. The number of hydrogen-bond donors (Lipinski definition) is 0. The fourth-order valence-corrected chi connectivity index (χ4v) is 40.9. The van der Waals surface area contributed by atoms with Crippen LogP contribution in [0.25, 0.3) is 11.1 Å². The minimum atomic E-state index is -6.93. The van der Waals surface area contributed by atoms with Gasteiger partial charge in [0.05, 0.1) is 0 Å². The van der Waals surface area contributed by atoms with Crippen LogP contribution >= 0.6 is 17.0 Å². The van der Waals surface area contributed by atoms with Crippen LogP contribution in [0.4, 0.5) is 0 Å². The summed E-state index contributed by atoms with van der Waals surface area (Å²) in [5.74, 6) is 0. The topological polar surface area (TPSA) is 0 Å².